The van der Waals surface area contributed by atoms with Gasteiger partial charge in [0.1, 0.15) is 24.7 Å². The van der Waals surface area contributed by atoms with Crippen LogP contribution in [0.5, 0.6) is 11.5 Å². The van der Waals surface area contributed by atoms with Gasteiger partial charge < -0.3 is 24.6 Å². The lowest BCUT2D eigenvalue weighted by Gasteiger charge is -2.38. The van der Waals surface area contributed by atoms with Crippen LogP contribution in [0.2, 0.25) is 5.02 Å². The second kappa shape index (κ2) is 11.1. The second-order valence-corrected chi connectivity index (χ2v) is 11.3. The van der Waals surface area contributed by atoms with Crippen molar-refractivity contribution in [2.45, 2.75) is 50.9 Å². The zero-order valence-electron chi connectivity index (χ0n) is 22.0. The van der Waals surface area contributed by atoms with Gasteiger partial charge in [-0.25, -0.2) is 0 Å². The molecule has 0 unspecified atom stereocenters. The van der Waals surface area contributed by atoms with Crippen LogP contribution in [0.25, 0.3) is 5.57 Å². The van der Waals surface area contributed by atoms with Crippen LogP contribution in [0, 0.1) is 0 Å². The van der Waals surface area contributed by atoms with Gasteiger partial charge in [0, 0.05) is 42.0 Å². The first-order chi connectivity index (χ1) is 18.2. The molecule has 0 radical (unpaired) electrons. The lowest BCUT2D eigenvalue weighted by molar-refractivity contribution is -0.0254. The van der Waals surface area contributed by atoms with E-state index in [9.17, 15) is 10.2 Å². The van der Waals surface area contributed by atoms with Crippen LogP contribution in [-0.2, 0) is 12.2 Å². The van der Waals surface area contributed by atoms with Gasteiger partial charge in [0.15, 0.2) is 0 Å². The molecule has 1 saturated heterocycles. The maximum atomic E-state index is 11.2. The van der Waals surface area contributed by atoms with Crippen LogP contribution >= 0.6 is 11.6 Å². The molecule has 0 amide bonds. The lowest BCUT2D eigenvalue weighted by atomic mass is 9.84. The average molecular weight is 535 g/mol. The Morgan fingerprint density at radius 1 is 1.11 bits per heavy atom. The lowest BCUT2D eigenvalue weighted by Crippen LogP contribution is -2.42. The number of ether oxygens (including phenoxy) is 2. The molecule has 0 bridgehead atoms. The molecule has 0 aliphatic carbocycles. The Hall–Kier alpha value is -2.90. The number of rotatable bonds is 7. The first-order valence-electron chi connectivity index (χ1n) is 13.2. The largest absolute Gasteiger partial charge is 0.491 e. The van der Waals surface area contributed by atoms with Gasteiger partial charge in [0.05, 0.1) is 16.9 Å². The standard InChI is InChI=1S/C31H35ClN2O4/c1-30(2,35)21-38-24-11-12-29-27(19-24)25(26-5-3-15-33-28(26)20-37-29)6-4-16-34-17-13-31(36,14-18-34)22-7-9-23(32)10-8-22/h3,5-12,15,19,35-36H,4,13-14,16-18,20-21H2,1-2H3/b25-6+. The number of halogens is 1. The van der Waals surface area contributed by atoms with Gasteiger partial charge in [0.2, 0.25) is 0 Å². The van der Waals surface area contributed by atoms with Crippen molar-refractivity contribution >= 4 is 17.2 Å². The highest BCUT2D eigenvalue weighted by Crippen LogP contribution is 2.39. The van der Waals surface area contributed by atoms with E-state index >= 15 is 0 Å². The van der Waals surface area contributed by atoms with Gasteiger partial charge in [-0.3, -0.25) is 4.98 Å². The van der Waals surface area contributed by atoms with E-state index in [-0.39, 0.29) is 6.61 Å². The summed E-state index contributed by atoms with van der Waals surface area (Å²) < 4.78 is 12.0. The molecule has 3 aromatic rings. The Morgan fingerprint density at radius 3 is 2.61 bits per heavy atom. The molecule has 0 saturated carbocycles. The number of piperidine rings is 1. The first-order valence-corrected chi connectivity index (χ1v) is 13.6. The minimum atomic E-state index is -0.924. The van der Waals surface area contributed by atoms with Crippen molar-refractivity contribution in [2.24, 2.45) is 0 Å². The van der Waals surface area contributed by atoms with E-state index in [1.807, 2.05) is 48.5 Å². The fourth-order valence-corrected chi connectivity index (χ4v) is 5.22. The van der Waals surface area contributed by atoms with Gasteiger partial charge in [-0.15, -0.1) is 0 Å². The molecule has 3 heterocycles. The molecule has 7 heteroatoms. The number of aromatic nitrogens is 1. The summed E-state index contributed by atoms with van der Waals surface area (Å²) in [5.41, 5.74) is 3.20. The third-order valence-electron chi connectivity index (χ3n) is 7.24. The van der Waals surface area contributed by atoms with Crippen LogP contribution in [-0.4, -0.2) is 51.9 Å². The normalized spacial score (nSPS) is 18.3. The molecule has 0 atom stereocenters. The fraction of sp³-hybridized carbons (Fsp3) is 0.387. The van der Waals surface area contributed by atoms with Crippen molar-refractivity contribution < 1.29 is 19.7 Å². The predicted molar refractivity (Wildman–Crippen MR) is 150 cm³/mol. The number of benzene rings is 2. The average Bonchev–Trinajstić information content (AvgIpc) is 3.05. The molecule has 2 aliphatic heterocycles. The third kappa shape index (κ3) is 6.21. The molecule has 5 rings (SSSR count). The molecule has 0 spiro atoms. The Kier molecular flexibility index (Phi) is 7.78. The summed E-state index contributed by atoms with van der Waals surface area (Å²) >= 11 is 6.03. The van der Waals surface area contributed by atoms with Crippen molar-refractivity contribution in [3.63, 3.8) is 0 Å². The smallest absolute Gasteiger partial charge is 0.131 e. The quantitative estimate of drug-likeness (QED) is 0.412. The molecule has 6 nitrogen and oxygen atoms in total. The Morgan fingerprint density at radius 2 is 1.87 bits per heavy atom. The molecule has 38 heavy (non-hydrogen) atoms. The summed E-state index contributed by atoms with van der Waals surface area (Å²) in [6.45, 7) is 6.60. The van der Waals surface area contributed by atoms with Crippen molar-refractivity contribution in [3.05, 3.63) is 94.3 Å². The minimum absolute atomic E-state index is 0.196. The maximum Gasteiger partial charge on any atom is 0.131 e. The van der Waals surface area contributed by atoms with Crippen LogP contribution in [0.15, 0.2) is 66.9 Å². The predicted octanol–water partition coefficient (Wildman–Crippen LogP) is 5.58. The van der Waals surface area contributed by atoms with E-state index in [0.29, 0.717) is 30.2 Å². The van der Waals surface area contributed by atoms with Gasteiger partial charge in [-0.2, -0.15) is 0 Å². The molecule has 2 aliphatic rings. The molecule has 1 fully saturated rings. The van der Waals surface area contributed by atoms with Crippen LogP contribution in [0.1, 0.15) is 55.5 Å². The van der Waals surface area contributed by atoms with E-state index in [4.69, 9.17) is 21.1 Å². The van der Waals surface area contributed by atoms with Crippen molar-refractivity contribution in [3.8, 4) is 11.5 Å². The minimum Gasteiger partial charge on any atom is -0.491 e. The number of nitrogens with zero attached hydrogens (tertiary/aromatic N) is 2. The first kappa shape index (κ1) is 26.7. The van der Waals surface area contributed by atoms with Crippen molar-refractivity contribution in [1.29, 1.82) is 0 Å². The summed E-state index contributed by atoms with van der Waals surface area (Å²) in [7, 11) is 0. The summed E-state index contributed by atoms with van der Waals surface area (Å²) in [5.74, 6) is 1.47. The highest BCUT2D eigenvalue weighted by molar-refractivity contribution is 6.30. The SMILES string of the molecule is CC(C)(O)COc1ccc2c(c1)/C(=C/CCN1CCC(O)(c3ccc(Cl)cc3)CC1)c1cccnc1CO2. The van der Waals surface area contributed by atoms with Crippen LogP contribution in [0.4, 0.5) is 0 Å². The fourth-order valence-electron chi connectivity index (χ4n) is 5.09. The topological polar surface area (TPSA) is 75.1 Å². The Bertz CT molecular complexity index is 1290. The third-order valence-corrected chi connectivity index (χ3v) is 7.49. The molecule has 2 N–H and O–H groups in total. The number of pyridine rings is 1. The number of aliphatic hydroxyl groups is 2. The van der Waals surface area contributed by atoms with E-state index in [0.717, 1.165) is 59.8 Å². The van der Waals surface area contributed by atoms with Crippen LogP contribution < -0.4 is 9.47 Å². The summed E-state index contributed by atoms with van der Waals surface area (Å²) in [4.78, 5) is 6.98. The summed E-state index contributed by atoms with van der Waals surface area (Å²) in [6, 6.07) is 17.4. The number of hydrogen-bond donors (Lipinski definition) is 2. The van der Waals surface area contributed by atoms with E-state index in [2.05, 4.69) is 22.0 Å². The zero-order chi connectivity index (χ0) is 26.8. The molecular weight excluding hydrogens is 500 g/mol. The van der Waals surface area contributed by atoms with Gasteiger partial charge in [0.25, 0.3) is 0 Å². The summed E-state index contributed by atoms with van der Waals surface area (Å²) in [5, 5.41) is 22.0. The van der Waals surface area contributed by atoms with Crippen molar-refractivity contribution in [1.82, 2.24) is 9.88 Å². The van der Waals surface area contributed by atoms with Gasteiger partial charge in [-0.1, -0.05) is 35.9 Å². The van der Waals surface area contributed by atoms with E-state index in [1.165, 1.54) is 0 Å². The Labute approximate surface area is 229 Å². The zero-order valence-corrected chi connectivity index (χ0v) is 22.7. The second-order valence-electron chi connectivity index (χ2n) is 10.8. The number of hydrogen-bond acceptors (Lipinski definition) is 6. The highest BCUT2D eigenvalue weighted by Gasteiger charge is 2.33. The van der Waals surface area contributed by atoms with Crippen molar-refractivity contribution in [2.75, 3.05) is 26.2 Å². The monoisotopic (exact) mass is 534 g/mol. The number of likely N-dealkylation sites (tertiary alicyclic amines) is 1. The molecule has 200 valence electrons. The number of fused-ring (bicyclic) bond motifs is 2. The van der Waals surface area contributed by atoms with Crippen LogP contribution in [0.3, 0.4) is 0 Å². The summed E-state index contributed by atoms with van der Waals surface area (Å²) in [6.07, 6.45) is 6.28. The molecule has 2 aromatic carbocycles. The molecule has 1 aromatic heterocycles. The molecular formula is C31H35ClN2O4. The van der Waals surface area contributed by atoms with E-state index < -0.39 is 11.2 Å². The van der Waals surface area contributed by atoms with E-state index in [1.54, 1.807) is 20.0 Å². The van der Waals surface area contributed by atoms with Gasteiger partial charge in [-0.05, 0) is 80.6 Å². The maximum absolute atomic E-state index is 11.2. The highest BCUT2D eigenvalue weighted by atomic mass is 35.5. The Balaban J connectivity index is 1.32. The van der Waals surface area contributed by atoms with Gasteiger partial charge >= 0.3 is 0 Å².